The van der Waals surface area contributed by atoms with Crippen molar-refractivity contribution in [2.45, 2.75) is 36.8 Å². The van der Waals surface area contributed by atoms with Crippen LogP contribution in [-0.2, 0) is 24.2 Å². The molecular formula is C17H20N2O6S2. The van der Waals surface area contributed by atoms with Gasteiger partial charge in [-0.2, -0.15) is 0 Å². The van der Waals surface area contributed by atoms with Crippen molar-refractivity contribution in [3.63, 3.8) is 0 Å². The second kappa shape index (κ2) is 7.89. The average molecular weight is 412 g/mol. The lowest BCUT2D eigenvalue weighted by molar-refractivity contribution is -0.129. The highest BCUT2D eigenvalue weighted by atomic mass is 32.2. The van der Waals surface area contributed by atoms with Crippen molar-refractivity contribution in [1.29, 1.82) is 0 Å². The van der Waals surface area contributed by atoms with E-state index in [0.29, 0.717) is 24.3 Å². The second-order valence-electron chi connectivity index (χ2n) is 6.51. The molecule has 1 aromatic carbocycles. The highest BCUT2D eigenvalue weighted by molar-refractivity contribution is 7.99. The third-order valence-electron chi connectivity index (χ3n) is 4.31. The van der Waals surface area contributed by atoms with Crippen molar-refractivity contribution in [2.75, 3.05) is 22.6 Å². The topological polar surface area (TPSA) is 119 Å². The number of esters is 1. The quantitative estimate of drug-likeness (QED) is 0.707. The van der Waals surface area contributed by atoms with Gasteiger partial charge in [0.05, 0.1) is 22.8 Å². The van der Waals surface area contributed by atoms with Crippen LogP contribution in [0.2, 0.25) is 0 Å². The molecule has 0 spiro atoms. The van der Waals surface area contributed by atoms with Crippen LogP contribution in [0, 0.1) is 0 Å². The van der Waals surface area contributed by atoms with Gasteiger partial charge in [-0.3, -0.25) is 9.59 Å². The fourth-order valence-corrected chi connectivity index (χ4v) is 5.47. The lowest BCUT2D eigenvalue weighted by Crippen LogP contribution is -2.42. The first-order chi connectivity index (χ1) is 12.7. The van der Waals surface area contributed by atoms with Crippen LogP contribution in [0.3, 0.4) is 0 Å². The number of ether oxygens (including phenoxy) is 1. The molecule has 0 aromatic heterocycles. The molecule has 0 unspecified atom stereocenters. The highest BCUT2D eigenvalue weighted by Crippen LogP contribution is 2.31. The maximum atomic E-state index is 12.3. The fourth-order valence-electron chi connectivity index (χ4n) is 2.86. The van der Waals surface area contributed by atoms with Crippen molar-refractivity contribution in [3.8, 4) is 0 Å². The van der Waals surface area contributed by atoms with Crippen LogP contribution < -0.4 is 10.6 Å². The van der Waals surface area contributed by atoms with Crippen molar-refractivity contribution < 1.29 is 27.5 Å². The number of hydrogen-bond acceptors (Lipinski definition) is 7. The van der Waals surface area contributed by atoms with E-state index in [9.17, 15) is 22.8 Å². The van der Waals surface area contributed by atoms with Gasteiger partial charge in [0, 0.05) is 23.1 Å². The molecule has 2 atom stereocenters. The van der Waals surface area contributed by atoms with Crippen molar-refractivity contribution >= 4 is 45.1 Å². The third-order valence-corrected chi connectivity index (χ3v) is 7.15. The van der Waals surface area contributed by atoms with Crippen LogP contribution in [-0.4, -0.2) is 55.6 Å². The minimum Gasteiger partial charge on any atom is -0.449 e. The Morgan fingerprint density at radius 3 is 2.85 bits per heavy atom. The van der Waals surface area contributed by atoms with Gasteiger partial charge < -0.3 is 15.4 Å². The molecule has 2 heterocycles. The summed E-state index contributed by atoms with van der Waals surface area (Å²) in [7, 11) is -3.11. The Morgan fingerprint density at radius 1 is 1.37 bits per heavy atom. The number of nitrogens with one attached hydrogen (secondary N) is 2. The smallest absolute Gasteiger partial charge is 0.338 e. The van der Waals surface area contributed by atoms with E-state index in [0.717, 1.165) is 4.90 Å². The minimum atomic E-state index is -3.11. The van der Waals surface area contributed by atoms with Crippen LogP contribution in [0.5, 0.6) is 0 Å². The van der Waals surface area contributed by atoms with Gasteiger partial charge in [0.25, 0.3) is 5.91 Å². The standard InChI is InChI=1S/C17H20N2O6S2/c1-10(16(21)18-12-5-7-27(23,24)9-12)25-17(22)11-2-3-14-13(8-11)19-15(20)4-6-26-14/h2-3,8,10,12H,4-7,9H2,1H3,(H,18,21)(H,19,20)/t10-,12-/m1/s1. The first kappa shape index (κ1) is 19.7. The van der Waals surface area contributed by atoms with E-state index in [2.05, 4.69) is 10.6 Å². The predicted octanol–water partition coefficient (Wildman–Crippen LogP) is 0.970. The predicted molar refractivity (Wildman–Crippen MR) is 100 cm³/mol. The Labute approximate surface area is 161 Å². The maximum Gasteiger partial charge on any atom is 0.338 e. The Kier molecular flexibility index (Phi) is 5.75. The van der Waals surface area contributed by atoms with Gasteiger partial charge in [-0.05, 0) is 31.5 Å². The second-order valence-corrected chi connectivity index (χ2v) is 9.88. The van der Waals surface area contributed by atoms with Crippen LogP contribution in [0.15, 0.2) is 23.1 Å². The largest absolute Gasteiger partial charge is 0.449 e. The summed E-state index contributed by atoms with van der Waals surface area (Å²) >= 11 is 1.52. The monoisotopic (exact) mass is 412 g/mol. The summed E-state index contributed by atoms with van der Waals surface area (Å²) in [5.41, 5.74) is 0.768. The van der Waals surface area contributed by atoms with E-state index in [4.69, 9.17) is 4.74 Å². The van der Waals surface area contributed by atoms with Gasteiger partial charge in [0.2, 0.25) is 5.91 Å². The minimum absolute atomic E-state index is 0.0466. The Bertz CT molecular complexity index is 883. The molecule has 3 rings (SSSR count). The third kappa shape index (κ3) is 5.01. The summed E-state index contributed by atoms with van der Waals surface area (Å²) in [6.07, 6.45) is -0.312. The Morgan fingerprint density at radius 2 is 2.15 bits per heavy atom. The first-order valence-electron chi connectivity index (χ1n) is 8.52. The number of thioether (sulfide) groups is 1. The number of benzene rings is 1. The average Bonchev–Trinajstić information content (AvgIpc) is 2.82. The lowest BCUT2D eigenvalue weighted by atomic mass is 10.2. The van der Waals surface area contributed by atoms with E-state index in [1.54, 1.807) is 12.1 Å². The number of amides is 2. The molecule has 2 aliphatic rings. The highest BCUT2D eigenvalue weighted by Gasteiger charge is 2.31. The zero-order valence-electron chi connectivity index (χ0n) is 14.7. The lowest BCUT2D eigenvalue weighted by Gasteiger charge is -2.17. The molecule has 10 heteroatoms. The summed E-state index contributed by atoms with van der Waals surface area (Å²) in [5, 5.41) is 5.35. The zero-order valence-corrected chi connectivity index (χ0v) is 16.3. The van der Waals surface area contributed by atoms with Crippen molar-refractivity contribution in [2.24, 2.45) is 0 Å². The van der Waals surface area contributed by atoms with Gasteiger partial charge in [0.15, 0.2) is 15.9 Å². The summed E-state index contributed by atoms with van der Waals surface area (Å²) < 4.78 is 28.1. The number of hydrogen-bond donors (Lipinski definition) is 2. The molecule has 2 N–H and O–H groups in total. The fraction of sp³-hybridized carbons (Fsp3) is 0.471. The van der Waals surface area contributed by atoms with E-state index < -0.39 is 33.9 Å². The van der Waals surface area contributed by atoms with Crippen LogP contribution in [0.4, 0.5) is 5.69 Å². The normalized spacial score (nSPS) is 22.1. The zero-order chi connectivity index (χ0) is 19.6. The van der Waals surface area contributed by atoms with Crippen LogP contribution >= 0.6 is 11.8 Å². The molecule has 146 valence electrons. The summed E-state index contributed by atoms with van der Waals surface area (Å²) in [5.74, 6) is -0.735. The first-order valence-corrected chi connectivity index (χ1v) is 11.3. The number of carbonyl (C=O) groups is 3. The molecule has 1 fully saturated rings. The SMILES string of the molecule is C[C@@H](OC(=O)c1ccc2c(c1)NC(=O)CCS2)C(=O)N[C@@H]1CCS(=O)(=O)C1. The van der Waals surface area contributed by atoms with Crippen molar-refractivity contribution in [1.82, 2.24) is 5.32 Å². The van der Waals surface area contributed by atoms with Crippen LogP contribution in [0.25, 0.3) is 0 Å². The van der Waals surface area contributed by atoms with Gasteiger partial charge in [-0.1, -0.05) is 0 Å². The molecule has 1 saturated heterocycles. The molecule has 0 saturated carbocycles. The molecule has 1 aromatic rings. The summed E-state index contributed by atoms with van der Waals surface area (Å²) in [6, 6.07) is 4.39. The van der Waals surface area contributed by atoms with Crippen LogP contribution in [0.1, 0.15) is 30.1 Å². The molecule has 27 heavy (non-hydrogen) atoms. The van der Waals surface area contributed by atoms with E-state index in [-0.39, 0.29) is 23.0 Å². The summed E-state index contributed by atoms with van der Waals surface area (Å²) in [4.78, 5) is 37.0. The molecule has 8 nitrogen and oxygen atoms in total. The van der Waals surface area contributed by atoms with Gasteiger partial charge in [0.1, 0.15) is 0 Å². The molecule has 2 aliphatic heterocycles. The molecule has 0 aliphatic carbocycles. The van der Waals surface area contributed by atoms with Gasteiger partial charge in [-0.25, -0.2) is 13.2 Å². The number of sulfone groups is 1. The maximum absolute atomic E-state index is 12.3. The van der Waals surface area contributed by atoms with E-state index in [1.165, 1.54) is 24.8 Å². The number of carbonyl (C=O) groups excluding carboxylic acids is 3. The Balaban J connectivity index is 1.61. The molecular weight excluding hydrogens is 392 g/mol. The Hall–Kier alpha value is -2.07. The van der Waals surface area contributed by atoms with Gasteiger partial charge >= 0.3 is 5.97 Å². The molecule has 2 amide bonds. The molecule has 0 bridgehead atoms. The molecule has 0 radical (unpaired) electrons. The van der Waals surface area contributed by atoms with Crippen molar-refractivity contribution in [3.05, 3.63) is 23.8 Å². The van der Waals surface area contributed by atoms with E-state index >= 15 is 0 Å². The van der Waals surface area contributed by atoms with Gasteiger partial charge in [-0.15, -0.1) is 11.8 Å². The van der Waals surface area contributed by atoms with E-state index in [1.807, 2.05) is 0 Å². The number of fused-ring (bicyclic) bond motifs is 1. The number of rotatable bonds is 4. The number of anilines is 1. The summed E-state index contributed by atoms with van der Waals surface area (Å²) in [6.45, 7) is 1.43.